The summed E-state index contributed by atoms with van der Waals surface area (Å²) >= 11 is 0. The van der Waals surface area contributed by atoms with Gasteiger partial charge in [-0.15, -0.1) is 0 Å². The zero-order valence-corrected chi connectivity index (χ0v) is 8.97. The third kappa shape index (κ3) is 2.32. The molecular formula is C11H21NO. The Kier molecular flexibility index (Phi) is 3.51. The molecule has 0 aromatic carbocycles. The molecule has 0 heterocycles. The molecule has 13 heavy (non-hydrogen) atoms. The topological polar surface area (TPSA) is 35.2 Å². The second-order valence-electron chi connectivity index (χ2n) is 4.25. The molecule has 1 rings (SSSR count). The first kappa shape index (κ1) is 10.7. The van der Waals surface area contributed by atoms with Gasteiger partial charge in [0.15, 0.2) is 0 Å². The smallest absolute Gasteiger partial charge is 0.0864 e. The molecule has 0 aromatic rings. The molecule has 2 nitrogen and oxygen atoms in total. The number of methoxy groups -OCH3 is 1. The standard InChI is InChI=1S/C11H21NO/c1-9(2)8-10(12)11(13-3)6-4-5-7-11/h8,10H,4-7,12H2,1-3H3. The molecule has 0 saturated heterocycles. The molecule has 1 atom stereocenters. The lowest BCUT2D eigenvalue weighted by Crippen LogP contribution is -2.46. The van der Waals surface area contributed by atoms with Crippen molar-refractivity contribution < 1.29 is 4.74 Å². The van der Waals surface area contributed by atoms with Crippen molar-refractivity contribution in [1.82, 2.24) is 0 Å². The van der Waals surface area contributed by atoms with E-state index in [1.54, 1.807) is 7.11 Å². The largest absolute Gasteiger partial charge is 0.376 e. The van der Waals surface area contributed by atoms with E-state index >= 15 is 0 Å². The number of rotatable bonds is 3. The van der Waals surface area contributed by atoms with Gasteiger partial charge < -0.3 is 10.5 Å². The number of allylic oxidation sites excluding steroid dienone is 1. The summed E-state index contributed by atoms with van der Waals surface area (Å²) in [6, 6.07) is 0.0602. The van der Waals surface area contributed by atoms with E-state index in [1.165, 1.54) is 18.4 Å². The number of nitrogens with two attached hydrogens (primary N) is 1. The van der Waals surface area contributed by atoms with Crippen LogP contribution in [0, 0.1) is 0 Å². The lowest BCUT2D eigenvalue weighted by atomic mass is 9.91. The molecule has 0 spiro atoms. The van der Waals surface area contributed by atoms with Gasteiger partial charge in [-0.05, 0) is 26.7 Å². The van der Waals surface area contributed by atoms with E-state index in [9.17, 15) is 0 Å². The first-order chi connectivity index (χ1) is 6.10. The van der Waals surface area contributed by atoms with Crippen LogP contribution in [0.2, 0.25) is 0 Å². The van der Waals surface area contributed by atoms with Gasteiger partial charge in [-0.2, -0.15) is 0 Å². The van der Waals surface area contributed by atoms with Gasteiger partial charge in [-0.3, -0.25) is 0 Å². The van der Waals surface area contributed by atoms with Crippen LogP contribution < -0.4 is 5.73 Å². The number of hydrogen-bond acceptors (Lipinski definition) is 2. The molecule has 1 saturated carbocycles. The predicted molar refractivity (Wildman–Crippen MR) is 55.6 cm³/mol. The maximum atomic E-state index is 6.12. The Labute approximate surface area is 81.1 Å². The lowest BCUT2D eigenvalue weighted by molar-refractivity contribution is -0.0142. The molecule has 2 heteroatoms. The molecule has 0 amide bonds. The second kappa shape index (κ2) is 4.25. The zero-order chi connectivity index (χ0) is 9.90. The minimum atomic E-state index is -0.0722. The third-order valence-electron chi connectivity index (χ3n) is 2.98. The monoisotopic (exact) mass is 183 g/mol. The Bertz CT molecular complexity index is 188. The summed E-state index contributed by atoms with van der Waals surface area (Å²) < 4.78 is 5.59. The van der Waals surface area contributed by atoms with E-state index in [0.717, 1.165) is 12.8 Å². The summed E-state index contributed by atoms with van der Waals surface area (Å²) in [6.45, 7) is 4.16. The van der Waals surface area contributed by atoms with E-state index in [2.05, 4.69) is 19.9 Å². The summed E-state index contributed by atoms with van der Waals surface area (Å²) in [7, 11) is 1.78. The van der Waals surface area contributed by atoms with Gasteiger partial charge in [-0.25, -0.2) is 0 Å². The molecule has 1 aliphatic rings. The zero-order valence-electron chi connectivity index (χ0n) is 8.97. The Morgan fingerprint density at radius 3 is 2.31 bits per heavy atom. The highest BCUT2D eigenvalue weighted by Crippen LogP contribution is 2.35. The van der Waals surface area contributed by atoms with E-state index in [0.29, 0.717) is 0 Å². The molecule has 76 valence electrons. The lowest BCUT2D eigenvalue weighted by Gasteiger charge is -2.32. The molecule has 0 aliphatic heterocycles. The normalized spacial score (nSPS) is 22.8. The van der Waals surface area contributed by atoms with Crippen LogP contribution in [0.25, 0.3) is 0 Å². The summed E-state index contributed by atoms with van der Waals surface area (Å²) in [5, 5.41) is 0. The van der Waals surface area contributed by atoms with Crippen molar-refractivity contribution >= 4 is 0 Å². The van der Waals surface area contributed by atoms with Crippen LogP contribution in [0.15, 0.2) is 11.6 Å². The molecule has 1 unspecified atom stereocenters. The Hall–Kier alpha value is -0.340. The van der Waals surface area contributed by atoms with E-state index in [4.69, 9.17) is 10.5 Å². The van der Waals surface area contributed by atoms with Crippen molar-refractivity contribution in [2.75, 3.05) is 7.11 Å². The van der Waals surface area contributed by atoms with E-state index in [-0.39, 0.29) is 11.6 Å². The summed E-state index contributed by atoms with van der Waals surface area (Å²) in [4.78, 5) is 0. The van der Waals surface area contributed by atoms with Crippen LogP contribution >= 0.6 is 0 Å². The Morgan fingerprint density at radius 2 is 1.92 bits per heavy atom. The maximum Gasteiger partial charge on any atom is 0.0864 e. The van der Waals surface area contributed by atoms with Crippen LogP contribution in [-0.4, -0.2) is 18.8 Å². The highest BCUT2D eigenvalue weighted by molar-refractivity contribution is 5.09. The minimum Gasteiger partial charge on any atom is -0.376 e. The summed E-state index contributed by atoms with van der Waals surface area (Å²) in [6.07, 6.45) is 6.83. The van der Waals surface area contributed by atoms with E-state index < -0.39 is 0 Å². The SMILES string of the molecule is COC1(C(N)C=C(C)C)CCCC1. The summed E-state index contributed by atoms with van der Waals surface area (Å²) in [5.41, 5.74) is 7.33. The molecule has 1 aliphatic carbocycles. The van der Waals surface area contributed by atoms with Crippen molar-refractivity contribution in [3.05, 3.63) is 11.6 Å². The predicted octanol–water partition coefficient (Wildman–Crippen LogP) is 2.24. The average Bonchev–Trinajstić information content (AvgIpc) is 2.51. The number of hydrogen-bond donors (Lipinski definition) is 1. The van der Waals surface area contributed by atoms with Crippen molar-refractivity contribution in [2.45, 2.75) is 51.2 Å². The quantitative estimate of drug-likeness (QED) is 0.681. The molecule has 2 N–H and O–H groups in total. The molecule has 0 aromatic heterocycles. The first-order valence-electron chi connectivity index (χ1n) is 5.06. The van der Waals surface area contributed by atoms with Crippen LogP contribution in [0.5, 0.6) is 0 Å². The van der Waals surface area contributed by atoms with Gasteiger partial charge in [0, 0.05) is 7.11 Å². The Morgan fingerprint density at radius 1 is 1.38 bits per heavy atom. The summed E-state index contributed by atoms with van der Waals surface area (Å²) in [5.74, 6) is 0. The molecule has 0 bridgehead atoms. The van der Waals surface area contributed by atoms with Gasteiger partial charge in [0.1, 0.15) is 0 Å². The average molecular weight is 183 g/mol. The fourth-order valence-corrected chi connectivity index (χ4v) is 2.16. The molecular weight excluding hydrogens is 162 g/mol. The highest BCUT2D eigenvalue weighted by atomic mass is 16.5. The fraction of sp³-hybridized carbons (Fsp3) is 0.818. The third-order valence-corrected chi connectivity index (χ3v) is 2.98. The van der Waals surface area contributed by atoms with Gasteiger partial charge >= 0.3 is 0 Å². The maximum absolute atomic E-state index is 6.12. The van der Waals surface area contributed by atoms with Gasteiger partial charge in [0.05, 0.1) is 11.6 Å². The van der Waals surface area contributed by atoms with Crippen LogP contribution in [0.3, 0.4) is 0 Å². The van der Waals surface area contributed by atoms with Crippen LogP contribution in [0.4, 0.5) is 0 Å². The van der Waals surface area contributed by atoms with Crippen molar-refractivity contribution in [1.29, 1.82) is 0 Å². The van der Waals surface area contributed by atoms with Crippen molar-refractivity contribution in [3.8, 4) is 0 Å². The van der Waals surface area contributed by atoms with E-state index in [1.807, 2.05) is 0 Å². The van der Waals surface area contributed by atoms with Gasteiger partial charge in [-0.1, -0.05) is 24.5 Å². The van der Waals surface area contributed by atoms with Crippen molar-refractivity contribution in [3.63, 3.8) is 0 Å². The first-order valence-corrected chi connectivity index (χ1v) is 5.06. The highest BCUT2D eigenvalue weighted by Gasteiger charge is 2.38. The van der Waals surface area contributed by atoms with Crippen LogP contribution in [0.1, 0.15) is 39.5 Å². The van der Waals surface area contributed by atoms with Crippen LogP contribution in [-0.2, 0) is 4.74 Å². The molecule has 0 radical (unpaired) electrons. The number of ether oxygens (including phenoxy) is 1. The second-order valence-corrected chi connectivity index (χ2v) is 4.25. The van der Waals surface area contributed by atoms with Crippen molar-refractivity contribution in [2.24, 2.45) is 5.73 Å². The molecule has 1 fully saturated rings. The van der Waals surface area contributed by atoms with Gasteiger partial charge in [0.2, 0.25) is 0 Å². The fourth-order valence-electron chi connectivity index (χ4n) is 2.16. The van der Waals surface area contributed by atoms with Gasteiger partial charge in [0.25, 0.3) is 0 Å². The minimum absolute atomic E-state index is 0.0602. The Balaban J connectivity index is 2.70.